The molecule has 0 saturated carbocycles. The molecule has 0 radical (unpaired) electrons. The van der Waals surface area contributed by atoms with Crippen LogP contribution in [0, 0.1) is 11.6 Å². The first-order valence-corrected chi connectivity index (χ1v) is 6.07. The van der Waals surface area contributed by atoms with E-state index in [4.69, 9.17) is 4.74 Å². The molecule has 2 rings (SSSR count). The summed E-state index contributed by atoms with van der Waals surface area (Å²) in [5.74, 6) is -1.53. The second-order valence-electron chi connectivity index (χ2n) is 4.33. The van der Waals surface area contributed by atoms with Gasteiger partial charge in [0.2, 0.25) is 0 Å². The van der Waals surface area contributed by atoms with Gasteiger partial charge in [-0.05, 0) is 44.4 Å². The smallest absolute Gasteiger partial charge is 0.190 e. The van der Waals surface area contributed by atoms with Gasteiger partial charge in [0.15, 0.2) is 17.4 Å². The van der Waals surface area contributed by atoms with Gasteiger partial charge in [0.05, 0.1) is 6.61 Å². The molecule has 1 fully saturated rings. The van der Waals surface area contributed by atoms with Crippen molar-refractivity contribution in [3.63, 3.8) is 0 Å². The van der Waals surface area contributed by atoms with Crippen molar-refractivity contribution >= 4 is 0 Å². The van der Waals surface area contributed by atoms with Crippen LogP contribution in [-0.4, -0.2) is 19.2 Å². The van der Waals surface area contributed by atoms with Crippen LogP contribution in [0.5, 0.6) is 5.75 Å². The van der Waals surface area contributed by atoms with Gasteiger partial charge in [0, 0.05) is 6.04 Å². The number of hydrogen-bond donors (Lipinski definition) is 1. The molecule has 0 aromatic heterocycles. The van der Waals surface area contributed by atoms with Gasteiger partial charge in [-0.15, -0.1) is 0 Å². The van der Waals surface area contributed by atoms with Crippen LogP contribution in [0.15, 0.2) is 18.2 Å². The van der Waals surface area contributed by atoms with Crippen LogP contribution < -0.4 is 10.1 Å². The van der Waals surface area contributed by atoms with Gasteiger partial charge in [-0.2, -0.15) is 0 Å². The van der Waals surface area contributed by atoms with Crippen LogP contribution in [0.4, 0.5) is 8.78 Å². The minimum Gasteiger partial charge on any atom is -0.488 e. The SMILES string of the molecule is Fc1cccc(F)c1OCCCC1CCCN1. The maximum Gasteiger partial charge on any atom is 0.190 e. The Labute approximate surface area is 100.0 Å². The molecule has 0 amide bonds. The molecule has 1 heterocycles. The molecule has 94 valence electrons. The standard InChI is InChI=1S/C13H17F2NO/c14-11-6-1-7-12(15)13(11)17-9-3-5-10-4-2-8-16-10/h1,6-7,10,16H,2-5,8-9H2. The van der Waals surface area contributed by atoms with Crippen LogP contribution >= 0.6 is 0 Å². The molecule has 1 saturated heterocycles. The van der Waals surface area contributed by atoms with E-state index in [9.17, 15) is 8.78 Å². The van der Waals surface area contributed by atoms with Gasteiger partial charge in [-0.25, -0.2) is 8.78 Å². The summed E-state index contributed by atoms with van der Waals surface area (Å²) in [5, 5.41) is 3.37. The fraction of sp³-hybridized carbons (Fsp3) is 0.538. The van der Waals surface area contributed by atoms with Gasteiger partial charge in [-0.3, -0.25) is 0 Å². The maximum atomic E-state index is 13.2. The van der Waals surface area contributed by atoms with Gasteiger partial charge >= 0.3 is 0 Å². The third-order valence-electron chi connectivity index (χ3n) is 3.02. The Morgan fingerprint density at radius 1 is 1.29 bits per heavy atom. The molecule has 0 spiro atoms. The van der Waals surface area contributed by atoms with E-state index in [1.165, 1.54) is 31.0 Å². The van der Waals surface area contributed by atoms with Crippen LogP contribution in [0.3, 0.4) is 0 Å². The molecule has 1 aliphatic rings. The molecule has 1 unspecified atom stereocenters. The molecule has 1 aromatic rings. The predicted octanol–water partition coefficient (Wildman–Crippen LogP) is 2.88. The van der Waals surface area contributed by atoms with E-state index < -0.39 is 11.6 Å². The second-order valence-corrected chi connectivity index (χ2v) is 4.33. The fourth-order valence-corrected chi connectivity index (χ4v) is 2.13. The molecule has 2 nitrogen and oxygen atoms in total. The summed E-state index contributed by atoms with van der Waals surface area (Å²) >= 11 is 0. The minimum atomic E-state index is -0.635. The Kier molecular flexibility index (Phi) is 4.31. The summed E-state index contributed by atoms with van der Waals surface area (Å²) in [6.07, 6.45) is 4.21. The van der Waals surface area contributed by atoms with Crippen molar-refractivity contribution in [2.24, 2.45) is 0 Å². The Balaban J connectivity index is 1.74. The highest BCUT2D eigenvalue weighted by Crippen LogP contribution is 2.21. The topological polar surface area (TPSA) is 21.3 Å². The Bertz CT molecular complexity index is 344. The van der Waals surface area contributed by atoms with E-state index in [1.807, 2.05) is 0 Å². The average molecular weight is 241 g/mol. The third-order valence-corrected chi connectivity index (χ3v) is 3.02. The molecule has 0 aliphatic carbocycles. The first-order chi connectivity index (χ1) is 8.27. The van der Waals surface area contributed by atoms with E-state index in [2.05, 4.69) is 5.32 Å². The van der Waals surface area contributed by atoms with Gasteiger partial charge in [0.25, 0.3) is 0 Å². The summed E-state index contributed by atoms with van der Waals surface area (Å²) in [6, 6.07) is 4.29. The summed E-state index contributed by atoms with van der Waals surface area (Å²) in [7, 11) is 0. The molecule has 17 heavy (non-hydrogen) atoms. The van der Waals surface area contributed by atoms with Crippen molar-refractivity contribution in [1.29, 1.82) is 0 Å². The summed E-state index contributed by atoms with van der Waals surface area (Å²) < 4.78 is 31.6. The monoisotopic (exact) mass is 241 g/mol. The fourth-order valence-electron chi connectivity index (χ4n) is 2.13. The first kappa shape index (κ1) is 12.3. The number of hydrogen-bond acceptors (Lipinski definition) is 2. The molecular formula is C13H17F2NO. The zero-order valence-electron chi connectivity index (χ0n) is 9.72. The minimum absolute atomic E-state index is 0.258. The van der Waals surface area contributed by atoms with Crippen LogP contribution in [0.1, 0.15) is 25.7 Å². The predicted molar refractivity (Wildman–Crippen MR) is 62.1 cm³/mol. The van der Waals surface area contributed by atoms with Gasteiger partial charge < -0.3 is 10.1 Å². The van der Waals surface area contributed by atoms with Crippen molar-refractivity contribution in [2.75, 3.05) is 13.2 Å². The summed E-state index contributed by atoms with van der Waals surface area (Å²) in [4.78, 5) is 0. The number of nitrogens with one attached hydrogen (secondary N) is 1. The van der Waals surface area contributed by atoms with E-state index in [1.54, 1.807) is 0 Å². The molecule has 1 atom stereocenters. The van der Waals surface area contributed by atoms with E-state index in [-0.39, 0.29) is 5.75 Å². The molecule has 4 heteroatoms. The van der Waals surface area contributed by atoms with Crippen molar-refractivity contribution in [3.05, 3.63) is 29.8 Å². The van der Waals surface area contributed by atoms with Crippen molar-refractivity contribution < 1.29 is 13.5 Å². The Hall–Kier alpha value is -1.16. The number of ether oxygens (including phenoxy) is 1. The number of halogens is 2. The average Bonchev–Trinajstić information content (AvgIpc) is 2.80. The molecule has 1 aromatic carbocycles. The normalized spacial score (nSPS) is 19.5. The quantitative estimate of drug-likeness (QED) is 0.800. The Morgan fingerprint density at radius 3 is 2.71 bits per heavy atom. The largest absolute Gasteiger partial charge is 0.488 e. The van der Waals surface area contributed by atoms with Crippen molar-refractivity contribution in [1.82, 2.24) is 5.32 Å². The lowest BCUT2D eigenvalue weighted by atomic mass is 10.1. The zero-order chi connectivity index (χ0) is 12.1. The maximum absolute atomic E-state index is 13.2. The number of benzene rings is 1. The molecule has 0 bridgehead atoms. The van der Waals surface area contributed by atoms with E-state index >= 15 is 0 Å². The van der Waals surface area contributed by atoms with Crippen LogP contribution in [-0.2, 0) is 0 Å². The highest BCUT2D eigenvalue weighted by molar-refractivity contribution is 5.25. The van der Waals surface area contributed by atoms with Crippen molar-refractivity contribution in [2.45, 2.75) is 31.7 Å². The third kappa shape index (κ3) is 3.40. The van der Waals surface area contributed by atoms with Crippen LogP contribution in [0.25, 0.3) is 0 Å². The van der Waals surface area contributed by atoms with Gasteiger partial charge in [0.1, 0.15) is 0 Å². The lowest BCUT2D eigenvalue weighted by Crippen LogP contribution is -2.21. The van der Waals surface area contributed by atoms with Crippen molar-refractivity contribution in [3.8, 4) is 5.75 Å². The molecular weight excluding hydrogens is 224 g/mol. The highest BCUT2D eigenvalue weighted by Gasteiger charge is 2.14. The van der Waals surface area contributed by atoms with E-state index in [0.717, 1.165) is 19.4 Å². The highest BCUT2D eigenvalue weighted by atomic mass is 19.1. The van der Waals surface area contributed by atoms with Crippen LogP contribution in [0.2, 0.25) is 0 Å². The zero-order valence-corrected chi connectivity index (χ0v) is 9.72. The lowest BCUT2D eigenvalue weighted by Gasteiger charge is -2.11. The van der Waals surface area contributed by atoms with E-state index in [0.29, 0.717) is 12.6 Å². The second kappa shape index (κ2) is 5.96. The molecule has 1 N–H and O–H groups in total. The first-order valence-electron chi connectivity index (χ1n) is 6.07. The summed E-state index contributed by atoms with van der Waals surface area (Å²) in [5.41, 5.74) is 0. The molecule has 1 aliphatic heterocycles. The summed E-state index contributed by atoms with van der Waals surface area (Å²) in [6.45, 7) is 1.43. The van der Waals surface area contributed by atoms with Gasteiger partial charge in [-0.1, -0.05) is 6.07 Å². The number of rotatable bonds is 5. The lowest BCUT2D eigenvalue weighted by molar-refractivity contribution is 0.271. The number of para-hydroxylation sites is 1. The Morgan fingerprint density at radius 2 is 2.06 bits per heavy atom.